The van der Waals surface area contributed by atoms with Crippen molar-refractivity contribution in [1.82, 2.24) is 0 Å². The molecule has 1 nitrogen and oxygen atoms in total. The molecule has 0 radical (unpaired) electrons. The van der Waals surface area contributed by atoms with E-state index in [1.54, 1.807) is 0 Å². The van der Waals surface area contributed by atoms with Gasteiger partial charge in [-0.05, 0) is 18.6 Å². The zero-order valence-corrected chi connectivity index (χ0v) is 12.6. The largest absolute Gasteiger partial charge is 0.494 e. The molecule has 0 spiro atoms. The molecule has 0 atom stereocenters. The minimum atomic E-state index is 0.860. The molecule has 0 saturated carbocycles. The number of hydrogen-bond acceptors (Lipinski definition) is 1. The predicted molar refractivity (Wildman–Crippen MR) is 85.8 cm³/mol. The van der Waals surface area contributed by atoms with E-state index in [0.717, 1.165) is 12.4 Å². The number of benzene rings is 1. The lowest BCUT2D eigenvalue weighted by Crippen LogP contribution is -1.96. The van der Waals surface area contributed by atoms with Gasteiger partial charge in [0.1, 0.15) is 5.75 Å². The average molecular weight is 262 g/mol. The molecular formula is C18H30O. The molecular weight excluding hydrogens is 232 g/mol. The molecule has 0 unspecified atom stereocenters. The zero-order valence-electron chi connectivity index (χ0n) is 12.6. The molecule has 0 bridgehead atoms. The van der Waals surface area contributed by atoms with Crippen molar-refractivity contribution in [3.8, 4) is 5.75 Å². The van der Waals surface area contributed by atoms with Crippen LogP contribution in [0.2, 0.25) is 0 Å². The molecule has 1 aromatic rings. The molecule has 0 fully saturated rings. The topological polar surface area (TPSA) is 9.23 Å². The van der Waals surface area contributed by atoms with E-state index in [9.17, 15) is 0 Å². The van der Waals surface area contributed by atoms with Crippen LogP contribution in [-0.2, 0) is 0 Å². The van der Waals surface area contributed by atoms with Crippen LogP contribution in [0.4, 0.5) is 0 Å². The minimum absolute atomic E-state index is 0.860. The van der Waals surface area contributed by atoms with E-state index in [-0.39, 0.29) is 0 Å². The van der Waals surface area contributed by atoms with Gasteiger partial charge in [-0.3, -0.25) is 0 Å². The van der Waals surface area contributed by atoms with Crippen LogP contribution in [0.15, 0.2) is 43.5 Å². The maximum absolute atomic E-state index is 5.65. The summed E-state index contributed by atoms with van der Waals surface area (Å²) in [5.41, 5.74) is 0. The Kier molecular flexibility index (Phi) is 13.9. The van der Waals surface area contributed by atoms with Gasteiger partial charge in [0.2, 0.25) is 0 Å². The molecule has 0 aliphatic carbocycles. The van der Waals surface area contributed by atoms with Gasteiger partial charge >= 0.3 is 0 Å². The summed E-state index contributed by atoms with van der Waals surface area (Å²) >= 11 is 0. The lowest BCUT2D eigenvalue weighted by Gasteiger charge is -2.05. The van der Waals surface area contributed by atoms with E-state index in [1.165, 1.54) is 51.4 Å². The molecule has 0 amide bonds. The third-order valence-electron chi connectivity index (χ3n) is 3.01. The fourth-order valence-electron chi connectivity index (χ4n) is 1.94. The summed E-state index contributed by atoms with van der Waals surface area (Å²) in [7, 11) is 0. The Bertz CT molecular complexity index is 268. The molecule has 0 heterocycles. The number of rotatable bonds is 10. The summed E-state index contributed by atoms with van der Waals surface area (Å²) in [5, 5.41) is 0. The van der Waals surface area contributed by atoms with Crippen molar-refractivity contribution < 1.29 is 4.74 Å². The first-order chi connectivity index (χ1) is 9.43. The van der Waals surface area contributed by atoms with E-state index in [4.69, 9.17) is 4.74 Å². The first kappa shape index (κ1) is 17.8. The maximum atomic E-state index is 5.65. The second-order valence-electron chi connectivity index (χ2n) is 4.64. The third-order valence-corrected chi connectivity index (χ3v) is 3.01. The Hall–Kier alpha value is -1.24. The van der Waals surface area contributed by atoms with Crippen LogP contribution in [0.1, 0.15) is 58.3 Å². The van der Waals surface area contributed by atoms with Gasteiger partial charge in [0.05, 0.1) is 6.61 Å². The quantitative estimate of drug-likeness (QED) is 0.370. The summed E-state index contributed by atoms with van der Waals surface area (Å²) in [6.07, 6.45) is 10.8. The van der Waals surface area contributed by atoms with Crippen molar-refractivity contribution in [2.24, 2.45) is 0 Å². The number of unbranched alkanes of at least 4 members (excludes halogenated alkanes) is 7. The van der Waals surface area contributed by atoms with Gasteiger partial charge in [-0.15, -0.1) is 13.2 Å². The number of hydrogen-bond donors (Lipinski definition) is 0. The smallest absolute Gasteiger partial charge is 0.119 e. The van der Waals surface area contributed by atoms with Crippen molar-refractivity contribution >= 4 is 0 Å². The molecule has 1 aromatic carbocycles. The van der Waals surface area contributed by atoms with E-state index in [1.807, 2.05) is 30.3 Å². The van der Waals surface area contributed by atoms with Gasteiger partial charge < -0.3 is 4.74 Å². The van der Waals surface area contributed by atoms with Crippen LogP contribution in [0.25, 0.3) is 0 Å². The summed E-state index contributed by atoms with van der Waals surface area (Å²) < 4.78 is 5.65. The Morgan fingerprint density at radius 2 is 1.32 bits per heavy atom. The van der Waals surface area contributed by atoms with Crippen LogP contribution in [0, 0.1) is 0 Å². The monoisotopic (exact) mass is 262 g/mol. The lowest BCUT2D eigenvalue weighted by atomic mass is 10.1. The molecule has 0 aliphatic rings. The van der Waals surface area contributed by atoms with Crippen LogP contribution >= 0.6 is 0 Å². The highest BCUT2D eigenvalue weighted by atomic mass is 16.5. The molecule has 108 valence electrons. The maximum Gasteiger partial charge on any atom is 0.119 e. The molecule has 1 rings (SSSR count). The number of ether oxygens (including phenoxy) is 1. The zero-order chi connectivity index (χ0) is 14.2. The van der Waals surface area contributed by atoms with E-state index < -0.39 is 0 Å². The second kappa shape index (κ2) is 14.8. The van der Waals surface area contributed by atoms with Gasteiger partial charge in [0, 0.05) is 0 Å². The summed E-state index contributed by atoms with van der Waals surface area (Å²) in [6.45, 7) is 9.12. The third kappa shape index (κ3) is 11.6. The Labute approximate surface area is 119 Å². The minimum Gasteiger partial charge on any atom is -0.494 e. The van der Waals surface area contributed by atoms with Crippen molar-refractivity contribution in [1.29, 1.82) is 0 Å². The molecule has 0 saturated heterocycles. The van der Waals surface area contributed by atoms with Gasteiger partial charge in [-0.1, -0.05) is 70.1 Å². The highest BCUT2D eigenvalue weighted by Crippen LogP contribution is 2.11. The summed E-state index contributed by atoms with van der Waals surface area (Å²) in [6, 6.07) is 10.1. The Morgan fingerprint density at radius 3 is 1.89 bits per heavy atom. The second-order valence-corrected chi connectivity index (χ2v) is 4.64. The average Bonchev–Trinajstić information content (AvgIpc) is 2.49. The highest BCUT2D eigenvalue weighted by molar-refractivity contribution is 5.20. The van der Waals surface area contributed by atoms with Crippen molar-refractivity contribution in [3.63, 3.8) is 0 Å². The Balaban J connectivity index is 0.00000154. The fourth-order valence-corrected chi connectivity index (χ4v) is 1.94. The van der Waals surface area contributed by atoms with E-state index >= 15 is 0 Å². The van der Waals surface area contributed by atoms with Crippen LogP contribution in [0.3, 0.4) is 0 Å². The van der Waals surface area contributed by atoms with Gasteiger partial charge in [0.25, 0.3) is 0 Å². The number of para-hydroxylation sites is 1. The first-order valence-corrected chi connectivity index (χ1v) is 7.61. The Morgan fingerprint density at radius 1 is 0.789 bits per heavy atom. The van der Waals surface area contributed by atoms with Crippen molar-refractivity contribution in [3.05, 3.63) is 43.5 Å². The summed E-state index contributed by atoms with van der Waals surface area (Å²) in [5.74, 6) is 0.996. The summed E-state index contributed by atoms with van der Waals surface area (Å²) in [4.78, 5) is 0. The van der Waals surface area contributed by atoms with E-state index in [0.29, 0.717) is 0 Å². The van der Waals surface area contributed by atoms with Gasteiger partial charge in [-0.25, -0.2) is 0 Å². The van der Waals surface area contributed by atoms with Crippen molar-refractivity contribution in [2.45, 2.75) is 58.3 Å². The SMILES string of the molecule is C=C.CCCCCCCCCCOc1ccccc1. The lowest BCUT2D eigenvalue weighted by molar-refractivity contribution is 0.304. The first-order valence-electron chi connectivity index (χ1n) is 7.61. The van der Waals surface area contributed by atoms with Crippen LogP contribution in [-0.4, -0.2) is 6.61 Å². The van der Waals surface area contributed by atoms with Crippen molar-refractivity contribution in [2.75, 3.05) is 6.61 Å². The van der Waals surface area contributed by atoms with Crippen LogP contribution in [0.5, 0.6) is 5.75 Å². The molecule has 1 heteroatoms. The molecule has 0 aromatic heterocycles. The molecule has 19 heavy (non-hydrogen) atoms. The van der Waals surface area contributed by atoms with E-state index in [2.05, 4.69) is 20.1 Å². The normalized spacial score (nSPS) is 9.53. The van der Waals surface area contributed by atoms with Crippen LogP contribution < -0.4 is 4.74 Å². The van der Waals surface area contributed by atoms with Gasteiger partial charge in [0.15, 0.2) is 0 Å². The predicted octanol–water partition coefficient (Wildman–Crippen LogP) is 6.01. The standard InChI is InChI=1S/C16H26O.C2H4/c1-2-3-4-5-6-7-8-12-15-17-16-13-10-9-11-14-16;1-2/h9-11,13-14H,2-8,12,15H2,1H3;1-2H2. The fraction of sp³-hybridized carbons (Fsp3) is 0.556. The van der Waals surface area contributed by atoms with Gasteiger partial charge in [-0.2, -0.15) is 0 Å². The highest BCUT2D eigenvalue weighted by Gasteiger charge is 1.93. The molecule has 0 aliphatic heterocycles. The molecule has 0 N–H and O–H groups in total.